The van der Waals surface area contributed by atoms with E-state index in [2.05, 4.69) is 0 Å². The van der Waals surface area contributed by atoms with Gasteiger partial charge in [-0.2, -0.15) is 0 Å². The molecule has 19 heavy (non-hydrogen) atoms. The molecule has 1 aliphatic rings. The lowest BCUT2D eigenvalue weighted by Gasteiger charge is -2.20. The van der Waals surface area contributed by atoms with Crippen molar-refractivity contribution < 1.29 is 13.9 Å². The molecule has 4 heteroatoms. The summed E-state index contributed by atoms with van der Waals surface area (Å²) in [7, 11) is 0. The van der Waals surface area contributed by atoms with Gasteiger partial charge >= 0.3 is 0 Å². The average molecular weight is 278 g/mol. The highest BCUT2D eigenvalue weighted by Gasteiger charge is 2.19. The number of ketones is 1. The van der Waals surface area contributed by atoms with Crippen LogP contribution in [-0.2, 0) is 4.74 Å². The van der Waals surface area contributed by atoms with Gasteiger partial charge in [-0.25, -0.2) is 4.39 Å². The number of hydrogen-bond donors (Lipinski definition) is 0. The zero-order chi connectivity index (χ0) is 13.2. The Morgan fingerprint density at radius 1 is 1.32 bits per heavy atom. The molecule has 1 fully saturated rings. The first-order valence-electron chi connectivity index (χ1n) is 6.52. The molecule has 0 unspecified atom stereocenters. The normalized spacial score (nSPS) is 16.9. The fourth-order valence-electron chi connectivity index (χ4n) is 2.46. The Labute approximate surface area is 115 Å². The number of hydrogen-bond acceptors (Lipinski definition) is 3. The summed E-state index contributed by atoms with van der Waals surface area (Å²) in [6, 6.07) is 6.47. The van der Waals surface area contributed by atoms with E-state index in [-0.39, 0.29) is 11.6 Å². The molecule has 0 bridgehead atoms. The van der Waals surface area contributed by atoms with Gasteiger partial charge in [-0.3, -0.25) is 4.79 Å². The molecular weight excluding hydrogens is 263 g/mol. The lowest BCUT2D eigenvalue weighted by molar-refractivity contribution is 0.0602. The fourth-order valence-corrected chi connectivity index (χ4v) is 3.46. The van der Waals surface area contributed by atoms with Crippen molar-refractivity contribution >= 4 is 27.2 Å². The molecule has 2 aromatic rings. The van der Waals surface area contributed by atoms with Crippen LogP contribution >= 0.6 is 11.3 Å². The summed E-state index contributed by atoms with van der Waals surface area (Å²) in [6.07, 6.45) is 2.51. The van der Waals surface area contributed by atoms with Gasteiger partial charge in [-0.1, -0.05) is 0 Å². The number of carbonyl (C=O) groups excluding carboxylic acids is 1. The Hall–Kier alpha value is -1.26. The summed E-state index contributed by atoms with van der Waals surface area (Å²) < 4.78 is 19.4. The summed E-state index contributed by atoms with van der Waals surface area (Å²) >= 11 is 1.46. The van der Waals surface area contributed by atoms with E-state index in [1.54, 1.807) is 6.07 Å². The molecule has 1 aromatic heterocycles. The number of rotatable bonds is 3. The summed E-state index contributed by atoms with van der Waals surface area (Å²) in [5, 5.41) is 0.820. The fraction of sp³-hybridized carbons (Fsp3) is 0.400. The van der Waals surface area contributed by atoms with E-state index in [0.717, 1.165) is 41.0 Å². The van der Waals surface area contributed by atoms with E-state index < -0.39 is 0 Å². The van der Waals surface area contributed by atoms with Crippen LogP contribution in [0.5, 0.6) is 0 Å². The van der Waals surface area contributed by atoms with E-state index in [1.165, 1.54) is 23.5 Å². The molecule has 1 aromatic carbocycles. The van der Waals surface area contributed by atoms with Crippen LogP contribution in [-0.4, -0.2) is 19.0 Å². The Kier molecular flexibility index (Phi) is 3.62. The highest BCUT2D eigenvalue weighted by Crippen LogP contribution is 2.29. The largest absolute Gasteiger partial charge is 0.381 e. The van der Waals surface area contributed by atoms with Gasteiger partial charge in [0.1, 0.15) is 5.82 Å². The van der Waals surface area contributed by atoms with Gasteiger partial charge in [0.25, 0.3) is 0 Å². The lowest BCUT2D eigenvalue weighted by Crippen LogP contribution is -2.18. The van der Waals surface area contributed by atoms with Crippen LogP contribution < -0.4 is 0 Å². The molecule has 0 spiro atoms. The summed E-state index contributed by atoms with van der Waals surface area (Å²) in [4.78, 5) is 13.0. The van der Waals surface area contributed by atoms with Gasteiger partial charge in [0.2, 0.25) is 0 Å². The van der Waals surface area contributed by atoms with Crippen molar-refractivity contribution in [3.05, 3.63) is 35.0 Å². The third kappa shape index (κ3) is 2.85. The topological polar surface area (TPSA) is 26.3 Å². The molecule has 1 aliphatic heterocycles. The molecule has 0 radical (unpaired) electrons. The molecule has 0 saturated carbocycles. The first kappa shape index (κ1) is 12.8. The van der Waals surface area contributed by atoms with Crippen molar-refractivity contribution in [1.29, 1.82) is 0 Å². The SMILES string of the molecule is O=C(CC1CCOCC1)c1cc2cc(F)ccc2s1. The molecule has 0 atom stereocenters. The van der Waals surface area contributed by atoms with Gasteiger partial charge in [0.15, 0.2) is 5.78 Å². The molecule has 2 nitrogen and oxygen atoms in total. The highest BCUT2D eigenvalue weighted by molar-refractivity contribution is 7.20. The summed E-state index contributed by atoms with van der Waals surface area (Å²) in [6.45, 7) is 1.52. The number of thiophene rings is 1. The van der Waals surface area contributed by atoms with Crippen molar-refractivity contribution in [3.8, 4) is 0 Å². The van der Waals surface area contributed by atoms with Crippen molar-refractivity contribution in [2.45, 2.75) is 19.3 Å². The molecule has 0 N–H and O–H groups in total. The van der Waals surface area contributed by atoms with Crippen LogP contribution in [0.1, 0.15) is 28.9 Å². The maximum atomic E-state index is 13.1. The standard InChI is InChI=1S/C15H15FO2S/c16-12-1-2-14-11(8-12)9-15(19-14)13(17)7-10-3-5-18-6-4-10/h1-2,8-10H,3-7H2. The predicted molar refractivity (Wildman–Crippen MR) is 74.3 cm³/mol. The maximum Gasteiger partial charge on any atom is 0.173 e. The number of halogens is 1. The van der Waals surface area contributed by atoms with E-state index in [0.29, 0.717) is 12.3 Å². The minimum Gasteiger partial charge on any atom is -0.381 e. The number of benzene rings is 1. The molecule has 1 saturated heterocycles. The van der Waals surface area contributed by atoms with Crippen LogP contribution in [0.2, 0.25) is 0 Å². The van der Waals surface area contributed by atoms with E-state index in [9.17, 15) is 9.18 Å². The van der Waals surface area contributed by atoms with E-state index in [4.69, 9.17) is 4.74 Å². The number of Topliss-reactive ketones (excluding diaryl/α,β-unsaturated/α-hetero) is 1. The second-order valence-corrected chi connectivity index (χ2v) is 6.06. The minimum absolute atomic E-state index is 0.175. The summed E-state index contributed by atoms with van der Waals surface area (Å²) in [5.74, 6) is 0.352. The zero-order valence-electron chi connectivity index (χ0n) is 10.5. The highest BCUT2D eigenvalue weighted by atomic mass is 32.1. The second-order valence-electron chi connectivity index (χ2n) is 4.98. The van der Waals surface area contributed by atoms with Gasteiger partial charge < -0.3 is 4.74 Å². The molecule has 0 amide bonds. The van der Waals surface area contributed by atoms with Crippen LogP contribution in [0, 0.1) is 11.7 Å². The van der Waals surface area contributed by atoms with Crippen LogP contribution in [0.3, 0.4) is 0 Å². The number of fused-ring (bicyclic) bond motifs is 1. The van der Waals surface area contributed by atoms with Crippen LogP contribution in [0.15, 0.2) is 24.3 Å². The number of carbonyl (C=O) groups is 1. The second kappa shape index (κ2) is 5.39. The monoisotopic (exact) mass is 278 g/mol. The first-order chi connectivity index (χ1) is 9.22. The third-order valence-electron chi connectivity index (χ3n) is 3.57. The maximum absolute atomic E-state index is 13.1. The number of ether oxygens (including phenoxy) is 1. The smallest absolute Gasteiger partial charge is 0.173 e. The Morgan fingerprint density at radius 3 is 2.89 bits per heavy atom. The van der Waals surface area contributed by atoms with E-state index >= 15 is 0 Å². The van der Waals surface area contributed by atoms with Gasteiger partial charge in [0, 0.05) is 24.3 Å². The molecule has 0 aliphatic carbocycles. The first-order valence-corrected chi connectivity index (χ1v) is 7.34. The lowest BCUT2D eigenvalue weighted by atomic mass is 9.94. The Bertz CT molecular complexity index is 599. The zero-order valence-corrected chi connectivity index (χ0v) is 11.3. The molecule has 100 valence electrons. The van der Waals surface area contributed by atoms with E-state index in [1.807, 2.05) is 6.07 Å². The van der Waals surface area contributed by atoms with Gasteiger partial charge in [-0.15, -0.1) is 11.3 Å². The van der Waals surface area contributed by atoms with Crippen LogP contribution in [0.4, 0.5) is 4.39 Å². The van der Waals surface area contributed by atoms with Gasteiger partial charge in [0.05, 0.1) is 4.88 Å². The Balaban J connectivity index is 1.77. The minimum atomic E-state index is -0.256. The van der Waals surface area contributed by atoms with Crippen molar-refractivity contribution in [1.82, 2.24) is 0 Å². The van der Waals surface area contributed by atoms with Crippen molar-refractivity contribution in [3.63, 3.8) is 0 Å². The Morgan fingerprint density at radius 2 is 2.11 bits per heavy atom. The predicted octanol–water partition coefficient (Wildman–Crippen LogP) is 4.04. The van der Waals surface area contributed by atoms with Crippen molar-refractivity contribution in [2.75, 3.05) is 13.2 Å². The summed E-state index contributed by atoms with van der Waals surface area (Å²) in [5.41, 5.74) is 0. The van der Waals surface area contributed by atoms with Gasteiger partial charge in [-0.05, 0) is 48.4 Å². The third-order valence-corrected chi connectivity index (χ3v) is 4.73. The quantitative estimate of drug-likeness (QED) is 0.792. The van der Waals surface area contributed by atoms with Crippen molar-refractivity contribution in [2.24, 2.45) is 5.92 Å². The molecule has 3 rings (SSSR count). The van der Waals surface area contributed by atoms with Crippen LogP contribution in [0.25, 0.3) is 10.1 Å². The molecule has 2 heterocycles. The average Bonchev–Trinajstić information content (AvgIpc) is 2.83. The molecular formula is C15H15FO2S.